The van der Waals surface area contributed by atoms with Gasteiger partial charge in [0.2, 0.25) is 5.91 Å². The Morgan fingerprint density at radius 1 is 1.30 bits per heavy atom. The molecule has 1 aromatic carbocycles. The maximum Gasteiger partial charge on any atom is 0.222 e. The third kappa shape index (κ3) is 5.35. The summed E-state index contributed by atoms with van der Waals surface area (Å²) in [6.07, 6.45) is 1.19. The predicted molar refractivity (Wildman–Crippen MR) is 94.3 cm³/mol. The van der Waals surface area contributed by atoms with E-state index < -0.39 is 0 Å². The van der Waals surface area contributed by atoms with Crippen molar-refractivity contribution in [3.8, 4) is 0 Å². The van der Waals surface area contributed by atoms with Gasteiger partial charge in [0.05, 0.1) is 16.7 Å². The lowest BCUT2D eigenvalue weighted by Gasteiger charge is -2.39. The number of amides is 1. The van der Waals surface area contributed by atoms with Crippen LogP contribution in [0.1, 0.15) is 18.9 Å². The van der Waals surface area contributed by atoms with Crippen LogP contribution in [-0.2, 0) is 16.0 Å². The number of hydrogen-bond donors (Lipinski definition) is 0. The summed E-state index contributed by atoms with van der Waals surface area (Å²) in [5.74, 6) is 0.203. The molecular weight excluding hydrogens is 335 g/mol. The van der Waals surface area contributed by atoms with E-state index in [1.54, 1.807) is 13.2 Å². The Kier molecular flexibility index (Phi) is 7.15. The van der Waals surface area contributed by atoms with Crippen LogP contribution in [0, 0.1) is 0 Å². The van der Waals surface area contributed by atoms with E-state index in [-0.39, 0.29) is 5.91 Å². The van der Waals surface area contributed by atoms with Crippen LogP contribution in [0.5, 0.6) is 0 Å². The molecule has 0 aliphatic carbocycles. The van der Waals surface area contributed by atoms with Crippen LogP contribution in [0.15, 0.2) is 18.2 Å². The van der Waals surface area contributed by atoms with Crippen molar-refractivity contribution >= 4 is 29.1 Å². The number of carbonyl (C=O) groups excluding carboxylic acids is 1. The van der Waals surface area contributed by atoms with Crippen molar-refractivity contribution < 1.29 is 9.53 Å². The molecule has 0 radical (unpaired) electrons. The highest BCUT2D eigenvalue weighted by Crippen LogP contribution is 2.23. The number of methoxy groups -OCH3 is 1. The van der Waals surface area contributed by atoms with Gasteiger partial charge in [0.1, 0.15) is 0 Å². The normalized spacial score (nSPS) is 19.1. The van der Waals surface area contributed by atoms with Crippen LogP contribution in [0.3, 0.4) is 0 Å². The largest absolute Gasteiger partial charge is 0.383 e. The lowest BCUT2D eigenvalue weighted by Crippen LogP contribution is -2.54. The molecule has 6 heteroatoms. The smallest absolute Gasteiger partial charge is 0.222 e. The van der Waals surface area contributed by atoms with E-state index in [1.165, 1.54) is 0 Å². The summed E-state index contributed by atoms with van der Waals surface area (Å²) >= 11 is 11.9. The quantitative estimate of drug-likeness (QED) is 0.783. The predicted octanol–water partition coefficient (Wildman–Crippen LogP) is 3.11. The van der Waals surface area contributed by atoms with Gasteiger partial charge in [-0.2, -0.15) is 0 Å². The first-order valence-corrected chi connectivity index (χ1v) is 8.71. The standard InChI is InChI=1S/C17H24Cl2N2O2/c1-13-12-21(8-7-20(13)9-10-23-2)17(22)6-4-14-3-5-15(18)16(19)11-14/h3,5,11,13H,4,6-10,12H2,1-2H3. The summed E-state index contributed by atoms with van der Waals surface area (Å²) in [6.45, 7) is 6.29. The van der Waals surface area contributed by atoms with Gasteiger partial charge in [-0.05, 0) is 31.0 Å². The fourth-order valence-corrected chi connectivity index (χ4v) is 3.19. The molecule has 0 bridgehead atoms. The van der Waals surface area contributed by atoms with Crippen molar-refractivity contribution in [2.45, 2.75) is 25.8 Å². The van der Waals surface area contributed by atoms with E-state index in [9.17, 15) is 4.79 Å². The van der Waals surface area contributed by atoms with E-state index in [2.05, 4.69) is 11.8 Å². The van der Waals surface area contributed by atoms with E-state index in [4.69, 9.17) is 27.9 Å². The molecule has 1 aromatic rings. The zero-order valence-corrected chi connectivity index (χ0v) is 15.2. The maximum absolute atomic E-state index is 12.4. The molecule has 23 heavy (non-hydrogen) atoms. The molecule has 1 atom stereocenters. The Bertz CT molecular complexity index is 539. The van der Waals surface area contributed by atoms with E-state index in [0.29, 0.717) is 28.9 Å². The fraction of sp³-hybridized carbons (Fsp3) is 0.588. The lowest BCUT2D eigenvalue weighted by molar-refractivity contribution is -0.134. The third-order valence-electron chi connectivity index (χ3n) is 4.31. The molecule has 1 aliphatic heterocycles. The van der Waals surface area contributed by atoms with Gasteiger partial charge in [0.15, 0.2) is 0 Å². The van der Waals surface area contributed by atoms with Crippen molar-refractivity contribution in [2.24, 2.45) is 0 Å². The number of piperazine rings is 1. The second-order valence-corrected chi connectivity index (χ2v) is 6.78. The van der Waals surface area contributed by atoms with Crippen molar-refractivity contribution in [3.05, 3.63) is 33.8 Å². The summed E-state index contributed by atoms with van der Waals surface area (Å²) in [7, 11) is 1.72. The number of rotatable bonds is 6. The average Bonchev–Trinajstić information content (AvgIpc) is 2.54. The van der Waals surface area contributed by atoms with Crippen LogP contribution in [0.4, 0.5) is 0 Å². The van der Waals surface area contributed by atoms with Crippen molar-refractivity contribution in [2.75, 3.05) is 39.9 Å². The van der Waals surface area contributed by atoms with Crippen LogP contribution >= 0.6 is 23.2 Å². The van der Waals surface area contributed by atoms with Crippen LogP contribution in [0.25, 0.3) is 0 Å². The summed E-state index contributed by atoms with van der Waals surface area (Å²) in [6, 6.07) is 5.91. The van der Waals surface area contributed by atoms with Gasteiger partial charge in [-0.1, -0.05) is 29.3 Å². The highest BCUT2D eigenvalue weighted by Gasteiger charge is 2.25. The lowest BCUT2D eigenvalue weighted by atomic mass is 10.1. The molecule has 1 saturated heterocycles. The van der Waals surface area contributed by atoms with Gasteiger partial charge >= 0.3 is 0 Å². The minimum Gasteiger partial charge on any atom is -0.383 e. The second kappa shape index (κ2) is 8.88. The van der Waals surface area contributed by atoms with E-state index in [0.717, 1.165) is 38.3 Å². The Balaban J connectivity index is 1.81. The molecule has 0 N–H and O–H groups in total. The van der Waals surface area contributed by atoms with Gasteiger partial charge in [-0.3, -0.25) is 9.69 Å². The molecule has 1 unspecified atom stereocenters. The first kappa shape index (κ1) is 18.5. The molecule has 2 rings (SSSR count). The maximum atomic E-state index is 12.4. The highest BCUT2D eigenvalue weighted by atomic mass is 35.5. The van der Waals surface area contributed by atoms with Crippen LogP contribution < -0.4 is 0 Å². The monoisotopic (exact) mass is 358 g/mol. The molecule has 1 heterocycles. The molecule has 128 valence electrons. The van der Waals surface area contributed by atoms with Gasteiger partial charge in [0, 0.05) is 45.8 Å². The minimum absolute atomic E-state index is 0.203. The Morgan fingerprint density at radius 2 is 2.09 bits per heavy atom. The van der Waals surface area contributed by atoms with Crippen molar-refractivity contribution in [1.82, 2.24) is 9.80 Å². The Labute approximate surface area is 148 Å². The highest BCUT2D eigenvalue weighted by molar-refractivity contribution is 6.42. The van der Waals surface area contributed by atoms with Gasteiger partial charge in [0.25, 0.3) is 0 Å². The van der Waals surface area contributed by atoms with Crippen molar-refractivity contribution in [1.29, 1.82) is 0 Å². The topological polar surface area (TPSA) is 32.8 Å². The minimum atomic E-state index is 0.203. The summed E-state index contributed by atoms with van der Waals surface area (Å²) in [4.78, 5) is 16.7. The number of benzene rings is 1. The number of ether oxygens (including phenoxy) is 1. The van der Waals surface area contributed by atoms with Gasteiger partial charge in [-0.15, -0.1) is 0 Å². The number of nitrogens with zero attached hydrogens (tertiary/aromatic N) is 2. The zero-order valence-electron chi connectivity index (χ0n) is 13.7. The molecule has 4 nitrogen and oxygen atoms in total. The van der Waals surface area contributed by atoms with E-state index >= 15 is 0 Å². The number of halogens is 2. The zero-order chi connectivity index (χ0) is 16.8. The fourth-order valence-electron chi connectivity index (χ4n) is 2.87. The second-order valence-electron chi connectivity index (χ2n) is 5.97. The molecule has 1 aliphatic rings. The number of hydrogen-bond acceptors (Lipinski definition) is 3. The number of carbonyl (C=O) groups is 1. The summed E-state index contributed by atoms with van der Waals surface area (Å²) < 4.78 is 5.13. The third-order valence-corrected chi connectivity index (χ3v) is 5.05. The summed E-state index contributed by atoms with van der Waals surface area (Å²) in [5, 5.41) is 1.08. The van der Waals surface area contributed by atoms with Gasteiger partial charge < -0.3 is 9.64 Å². The average molecular weight is 359 g/mol. The van der Waals surface area contributed by atoms with Crippen molar-refractivity contribution in [3.63, 3.8) is 0 Å². The van der Waals surface area contributed by atoms with Crippen LogP contribution in [-0.4, -0.2) is 61.6 Å². The molecular formula is C17H24Cl2N2O2. The molecule has 0 saturated carbocycles. The molecule has 0 aromatic heterocycles. The first-order chi connectivity index (χ1) is 11.0. The molecule has 1 amide bonds. The van der Waals surface area contributed by atoms with E-state index in [1.807, 2.05) is 17.0 Å². The summed E-state index contributed by atoms with van der Waals surface area (Å²) in [5.41, 5.74) is 1.04. The molecule has 0 spiro atoms. The van der Waals surface area contributed by atoms with Crippen LogP contribution in [0.2, 0.25) is 10.0 Å². The number of aryl methyl sites for hydroxylation is 1. The van der Waals surface area contributed by atoms with Gasteiger partial charge in [-0.25, -0.2) is 0 Å². The Hall–Kier alpha value is -0.810. The molecule has 1 fully saturated rings. The first-order valence-electron chi connectivity index (χ1n) is 7.96. The Morgan fingerprint density at radius 3 is 2.74 bits per heavy atom. The SMILES string of the molecule is COCCN1CCN(C(=O)CCc2ccc(Cl)c(Cl)c2)CC1C.